The van der Waals surface area contributed by atoms with Crippen molar-refractivity contribution in [1.82, 2.24) is 0 Å². The third-order valence-corrected chi connectivity index (χ3v) is 4.35. The van der Waals surface area contributed by atoms with Gasteiger partial charge in [-0.15, -0.1) is 0 Å². The van der Waals surface area contributed by atoms with Gasteiger partial charge in [-0.1, -0.05) is 25.1 Å². The molecule has 0 radical (unpaired) electrons. The first kappa shape index (κ1) is 15.4. The number of ether oxygens (including phenoxy) is 2. The van der Waals surface area contributed by atoms with Crippen molar-refractivity contribution in [3.8, 4) is 11.5 Å². The van der Waals surface area contributed by atoms with Crippen LogP contribution in [-0.2, 0) is 0 Å². The lowest BCUT2D eigenvalue weighted by Crippen LogP contribution is -2.03. The third-order valence-electron chi connectivity index (χ3n) is 4.35. The molecule has 0 saturated carbocycles. The lowest BCUT2D eigenvalue weighted by atomic mass is 9.86. The van der Waals surface area contributed by atoms with E-state index in [0.29, 0.717) is 5.92 Å². The molecule has 2 heteroatoms. The first-order valence-corrected chi connectivity index (χ1v) is 7.28. The zero-order valence-corrected chi connectivity index (χ0v) is 13.8. The molecule has 1 unspecified atom stereocenters. The fraction of sp³-hybridized carbons (Fsp3) is 0.368. The average Bonchev–Trinajstić information content (AvgIpc) is 2.51. The predicted octanol–water partition coefficient (Wildman–Crippen LogP) is 4.78. The maximum atomic E-state index is 5.51. The summed E-state index contributed by atoms with van der Waals surface area (Å²) in [6.45, 7) is 8.66. The van der Waals surface area contributed by atoms with Crippen LogP contribution in [0.25, 0.3) is 0 Å². The summed E-state index contributed by atoms with van der Waals surface area (Å²) >= 11 is 0. The molecule has 2 aromatic rings. The molecule has 0 spiro atoms. The lowest BCUT2D eigenvalue weighted by molar-refractivity contribution is 0.408. The molecule has 0 heterocycles. The van der Waals surface area contributed by atoms with Crippen LogP contribution in [0, 0.1) is 20.8 Å². The molecular weight excluding hydrogens is 260 g/mol. The number of hydrogen-bond acceptors (Lipinski definition) is 2. The predicted molar refractivity (Wildman–Crippen MR) is 87.7 cm³/mol. The highest BCUT2D eigenvalue weighted by Gasteiger charge is 2.16. The molecule has 2 rings (SSSR count). The summed E-state index contributed by atoms with van der Waals surface area (Å²) in [5.74, 6) is 2.24. The minimum atomic E-state index is 0.346. The van der Waals surface area contributed by atoms with E-state index in [2.05, 4.69) is 45.9 Å². The Morgan fingerprint density at radius 2 is 1.48 bits per heavy atom. The van der Waals surface area contributed by atoms with Gasteiger partial charge in [0.05, 0.1) is 14.2 Å². The molecule has 112 valence electrons. The van der Waals surface area contributed by atoms with Crippen molar-refractivity contribution in [2.45, 2.75) is 33.6 Å². The van der Waals surface area contributed by atoms with E-state index >= 15 is 0 Å². The quantitative estimate of drug-likeness (QED) is 0.804. The van der Waals surface area contributed by atoms with Gasteiger partial charge in [0.25, 0.3) is 0 Å². The Kier molecular flexibility index (Phi) is 4.56. The standard InChI is InChI=1S/C19H24O2/c1-12-11-18(13(2)14(3)19(12)21-6)15(4)16-7-9-17(20-5)10-8-16/h7-11,15H,1-6H3. The molecule has 0 aliphatic carbocycles. The van der Waals surface area contributed by atoms with Gasteiger partial charge in [0.15, 0.2) is 0 Å². The van der Waals surface area contributed by atoms with E-state index in [0.717, 1.165) is 11.5 Å². The second kappa shape index (κ2) is 6.21. The molecule has 0 N–H and O–H groups in total. The van der Waals surface area contributed by atoms with Gasteiger partial charge in [-0.2, -0.15) is 0 Å². The van der Waals surface area contributed by atoms with E-state index in [-0.39, 0.29) is 0 Å². The highest BCUT2D eigenvalue weighted by atomic mass is 16.5. The van der Waals surface area contributed by atoms with Crippen LogP contribution in [0.3, 0.4) is 0 Å². The van der Waals surface area contributed by atoms with Crippen LogP contribution in [-0.4, -0.2) is 14.2 Å². The van der Waals surface area contributed by atoms with Crippen molar-refractivity contribution in [3.05, 3.63) is 58.1 Å². The van der Waals surface area contributed by atoms with Gasteiger partial charge in [-0.05, 0) is 60.7 Å². The monoisotopic (exact) mass is 284 g/mol. The summed E-state index contributed by atoms with van der Waals surface area (Å²) in [6.07, 6.45) is 0. The third kappa shape index (κ3) is 2.90. The smallest absolute Gasteiger partial charge is 0.124 e. The highest BCUT2D eigenvalue weighted by Crippen LogP contribution is 2.35. The molecule has 0 aromatic heterocycles. The topological polar surface area (TPSA) is 18.5 Å². The van der Waals surface area contributed by atoms with Crippen molar-refractivity contribution in [2.75, 3.05) is 14.2 Å². The van der Waals surface area contributed by atoms with Crippen LogP contribution in [0.1, 0.15) is 40.7 Å². The van der Waals surface area contributed by atoms with E-state index in [4.69, 9.17) is 9.47 Å². The maximum absolute atomic E-state index is 5.51. The zero-order chi connectivity index (χ0) is 15.6. The van der Waals surface area contributed by atoms with Crippen LogP contribution in [0.2, 0.25) is 0 Å². The Labute approximate surface area is 127 Å². The van der Waals surface area contributed by atoms with Gasteiger partial charge >= 0.3 is 0 Å². The molecule has 0 fully saturated rings. The Morgan fingerprint density at radius 1 is 0.857 bits per heavy atom. The van der Waals surface area contributed by atoms with Gasteiger partial charge in [0, 0.05) is 5.92 Å². The number of rotatable bonds is 4. The Hall–Kier alpha value is -1.96. The number of methoxy groups -OCH3 is 2. The summed E-state index contributed by atoms with van der Waals surface area (Å²) in [6, 6.07) is 10.6. The van der Waals surface area contributed by atoms with E-state index in [1.165, 1.54) is 27.8 Å². The van der Waals surface area contributed by atoms with Crippen molar-refractivity contribution >= 4 is 0 Å². The maximum Gasteiger partial charge on any atom is 0.124 e. The molecule has 0 aliphatic heterocycles. The Morgan fingerprint density at radius 3 is 2.00 bits per heavy atom. The number of benzene rings is 2. The van der Waals surface area contributed by atoms with Crippen LogP contribution >= 0.6 is 0 Å². The largest absolute Gasteiger partial charge is 0.497 e. The Balaban J connectivity index is 2.45. The molecule has 2 aromatic carbocycles. The highest BCUT2D eigenvalue weighted by molar-refractivity contribution is 5.52. The SMILES string of the molecule is COc1ccc(C(C)c2cc(C)c(OC)c(C)c2C)cc1. The lowest BCUT2D eigenvalue weighted by Gasteiger charge is -2.20. The Bertz CT molecular complexity index is 627. The van der Waals surface area contributed by atoms with Gasteiger partial charge in [-0.3, -0.25) is 0 Å². The first-order valence-electron chi connectivity index (χ1n) is 7.28. The summed E-state index contributed by atoms with van der Waals surface area (Å²) in [5, 5.41) is 0. The summed E-state index contributed by atoms with van der Waals surface area (Å²) < 4.78 is 10.7. The summed E-state index contributed by atoms with van der Waals surface area (Å²) in [4.78, 5) is 0. The van der Waals surface area contributed by atoms with Crippen LogP contribution < -0.4 is 9.47 Å². The molecule has 1 atom stereocenters. The fourth-order valence-corrected chi connectivity index (χ4v) is 2.93. The van der Waals surface area contributed by atoms with Gasteiger partial charge in [-0.25, -0.2) is 0 Å². The van der Waals surface area contributed by atoms with Crippen molar-refractivity contribution in [1.29, 1.82) is 0 Å². The van der Waals surface area contributed by atoms with E-state index in [1.54, 1.807) is 14.2 Å². The molecule has 2 nitrogen and oxygen atoms in total. The van der Waals surface area contributed by atoms with Crippen molar-refractivity contribution < 1.29 is 9.47 Å². The van der Waals surface area contributed by atoms with E-state index < -0.39 is 0 Å². The van der Waals surface area contributed by atoms with Crippen LogP contribution in [0.15, 0.2) is 30.3 Å². The normalized spacial score (nSPS) is 12.1. The second-order valence-corrected chi connectivity index (χ2v) is 5.56. The van der Waals surface area contributed by atoms with Crippen LogP contribution in [0.4, 0.5) is 0 Å². The average molecular weight is 284 g/mol. The van der Waals surface area contributed by atoms with E-state index in [1.807, 2.05) is 12.1 Å². The van der Waals surface area contributed by atoms with Gasteiger partial charge in [0.1, 0.15) is 11.5 Å². The van der Waals surface area contributed by atoms with Gasteiger partial charge in [0.2, 0.25) is 0 Å². The summed E-state index contributed by atoms with van der Waals surface area (Å²) in [7, 11) is 3.43. The second-order valence-electron chi connectivity index (χ2n) is 5.56. The molecule has 21 heavy (non-hydrogen) atoms. The minimum absolute atomic E-state index is 0.346. The van der Waals surface area contributed by atoms with Crippen LogP contribution in [0.5, 0.6) is 11.5 Å². The fourth-order valence-electron chi connectivity index (χ4n) is 2.93. The summed E-state index contributed by atoms with van der Waals surface area (Å²) in [5.41, 5.74) is 6.38. The molecular formula is C19H24O2. The van der Waals surface area contributed by atoms with E-state index in [9.17, 15) is 0 Å². The molecule has 0 aliphatic rings. The number of hydrogen-bond donors (Lipinski definition) is 0. The van der Waals surface area contributed by atoms with Gasteiger partial charge < -0.3 is 9.47 Å². The number of aryl methyl sites for hydroxylation is 1. The first-order chi connectivity index (χ1) is 9.99. The molecule has 0 amide bonds. The van der Waals surface area contributed by atoms with Crippen molar-refractivity contribution in [2.24, 2.45) is 0 Å². The molecule has 0 bridgehead atoms. The zero-order valence-electron chi connectivity index (χ0n) is 13.8. The molecule has 0 saturated heterocycles. The minimum Gasteiger partial charge on any atom is -0.497 e. The van der Waals surface area contributed by atoms with Crippen molar-refractivity contribution in [3.63, 3.8) is 0 Å².